The van der Waals surface area contributed by atoms with Crippen molar-refractivity contribution in [2.45, 2.75) is 6.54 Å². The second kappa shape index (κ2) is 4.43. The van der Waals surface area contributed by atoms with Gasteiger partial charge in [-0.2, -0.15) is 0 Å². The zero-order valence-corrected chi connectivity index (χ0v) is 8.48. The predicted octanol–water partition coefficient (Wildman–Crippen LogP) is 0.421. The second-order valence-corrected chi connectivity index (χ2v) is 3.23. The quantitative estimate of drug-likeness (QED) is 0.337. The molecule has 0 atom stereocenters. The fraction of sp³-hybridized carbons (Fsp3) is 0.100. The van der Waals surface area contributed by atoms with Gasteiger partial charge in [0.15, 0.2) is 5.82 Å². The van der Waals surface area contributed by atoms with Gasteiger partial charge in [0.05, 0.1) is 6.54 Å². The van der Waals surface area contributed by atoms with Gasteiger partial charge in [-0.15, -0.1) is 0 Å². The van der Waals surface area contributed by atoms with Crippen molar-refractivity contribution in [2.75, 3.05) is 0 Å². The molecule has 2 aromatic heterocycles. The first-order valence-corrected chi connectivity index (χ1v) is 4.69. The maximum Gasteiger partial charge on any atom is 0.206 e. The summed E-state index contributed by atoms with van der Waals surface area (Å²) in [5, 5.41) is 11.5. The number of aromatic nitrogens is 3. The van der Waals surface area contributed by atoms with E-state index in [0.717, 1.165) is 5.56 Å². The molecule has 0 aliphatic carbocycles. The Kier molecular flexibility index (Phi) is 2.81. The number of nitrogens with two attached hydrogens (primary N) is 1. The van der Waals surface area contributed by atoms with E-state index in [1.165, 1.54) is 0 Å². The summed E-state index contributed by atoms with van der Waals surface area (Å²) in [5.74, 6) is 0.431. The van der Waals surface area contributed by atoms with Crippen LogP contribution in [0.25, 0.3) is 0 Å². The van der Waals surface area contributed by atoms with E-state index in [0.29, 0.717) is 12.4 Å². The molecule has 6 nitrogen and oxygen atoms in total. The molecule has 82 valence electrons. The number of pyridine rings is 1. The molecule has 0 aliphatic heterocycles. The first kappa shape index (κ1) is 10.2. The largest absolute Gasteiger partial charge is 0.409 e. The molecule has 3 N–H and O–H groups in total. The van der Waals surface area contributed by atoms with Crippen LogP contribution in [0.3, 0.4) is 0 Å². The molecule has 0 saturated carbocycles. The van der Waals surface area contributed by atoms with Crippen LogP contribution in [0.1, 0.15) is 11.4 Å². The zero-order chi connectivity index (χ0) is 11.4. The highest BCUT2D eigenvalue weighted by atomic mass is 16.4. The molecule has 0 saturated heterocycles. The summed E-state index contributed by atoms with van der Waals surface area (Å²) in [6.07, 6.45) is 6.84. The molecule has 0 bridgehead atoms. The fourth-order valence-corrected chi connectivity index (χ4v) is 1.40. The standard InChI is InChI=1S/C10H11N5O/c11-9(14-16)10-13-4-5-15(10)7-8-2-1-3-12-6-8/h1-6,16H,7H2,(H2,11,14). The number of hydrogen-bond donors (Lipinski definition) is 2. The van der Waals surface area contributed by atoms with Crippen LogP contribution in [0.15, 0.2) is 42.1 Å². The summed E-state index contributed by atoms with van der Waals surface area (Å²) in [4.78, 5) is 8.03. The minimum Gasteiger partial charge on any atom is -0.409 e. The van der Waals surface area contributed by atoms with Crippen molar-refractivity contribution in [1.82, 2.24) is 14.5 Å². The van der Waals surface area contributed by atoms with Gasteiger partial charge in [-0.3, -0.25) is 4.98 Å². The molecule has 0 radical (unpaired) electrons. The normalized spacial score (nSPS) is 11.6. The highest BCUT2D eigenvalue weighted by Gasteiger charge is 2.07. The SMILES string of the molecule is NC(=NO)c1nccn1Cc1cccnc1. The van der Waals surface area contributed by atoms with Crippen molar-refractivity contribution in [3.8, 4) is 0 Å². The van der Waals surface area contributed by atoms with Gasteiger partial charge in [-0.25, -0.2) is 4.98 Å². The fourth-order valence-electron chi connectivity index (χ4n) is 1.40. The molecule has 0 aliphatic rings. The lowest BCUT2D eigenvalue weighted by molar-refractivity contribution is 0.318. The predicted molar refractivity (Wildman–Crippen MR) is 58.1 cm³/mol. The second-order valence-electron chi connectivity index (χ2n) is 3.23. The van der Waals surface area contributed by atoms with Gasteiger partial charge in [0, 0.05) is 24.8 Å². The van der Waals surface area contributed by atoms with E-state index >= 15 is 0 Å². The van der Waals surface area contributed by atoms with Crippen LogP contribution >= 0.6 is 0 Å². The first-order chi connectivity index (χ1) is 7.81. The third-order valence-electron chi connectivity index (χ3n) is 2.13. The van der Waals surface area contributed by atoms with E-state index in [-0.39, 0.29) is 5.84 Å². The number of amidine groups is 1. The van der Waals surface area contributed by atoms with Crippen molar-refractivity contribution in [1.29, 1.82) is 0 Å². The van der Waals surface area contributed by atoms with Crippen molar-refractivity contribution < 1.29 is 5.21 Å². The Morgan fingerprint density at radius 1 is 1.50 bits per heavy atom. The van der Waals surface area contributed by atoms with Crippen molar-refractivity contribution in [2.24, 2.45) is 10.9 Å². The van der Waals surface area contributed by atoms with Crippen LogP contribution in [0.4, 0.5) is 0 Å². The molecule has 2 heterocycles. The van der Waals surface area contributed by atoms with Crippen molar-refractivity contribution >= 4 is 5.84 Å². The summed E-state index contributed by atoms with van der Waals surface area (Å²) in [7, 11) is 0. The summed E-state index contributed by atoms with van der Waals surface area (Å²) >= 11 is 0. The molecule has 6 heteroatoms. The van der Waals surface area contributed by atoms with E-state index in [1.54, 1.807) is 29.4 Å². The summed E-state index contributed by atoms with van der Waals surface area (Å²) in [5.41, 5.74) is 6.52. The maximum atomic E-state index is 8.59. The van der Waals surface area contributed by atoms with Gasteiger partial charge >= 0.3 is 0 Å². The molecular weight excluding hydrogens is 206 g/mol. The van der Waals surface area contributed by atoms with Crippen LogP contribution in [-0.4, -0.2) is 25.6 Å². The molecular formula is C10H11N5O. The highest BCUT2D eigenvalue weighted by molar-refractivity contribution is 5.93. The first-order valence-electron chi connectivity index (χ1n) is 4.69. The Labute approximate surface area is 92.1 Å². The van der Waals surface area contributed by atoms with Crippen LogP contribution in [0, 0.1) is 0 Å². The lowest BCUT2D eigenvalue weighted by Crippen LogP contribution is -2.19. The molecule has 0 fully saturated rings. The van der Waals surface area contributed by atoms with E-state index in [4.69, 9.17) is 10.9 Å². The van der Waals surface area contributed by atoms with E-state index in [2.05, 4.69) is 15.1 Å². The molecule has 0 unspecified atom stereocenters. The Bertz CT molecular complexity index is 491. The minimum atomic E-state index is -0.00566. The van der Waals surface area contributed by atoms with Crippen LogP contribution < -0.4 is 5.73 Å². The van der Waals surface area contributed by atoms with Crippen LogP contribution in [0.5, 0.6) is 0 Å². The number of imidazole rings is 1. The monoisotopic (exact) mass is 217 g/mol. The number of nitrogens with zero attached hydrogens (tertiary/aromatic N) is 4. The Balaban J connectivity index is 2.26. The smallest absolute Gasteiger partial charge is 0.206 e. The summed E-state index contributed by atoms with van der Waals surface area (Å²) in [6, 6.07) is 3.80. The molecule has 16 heavy (non-hydrogen) atoms. The summed E-state index contributed by atoms with van der Waals surface area (Å²) < 4.78 is 1.78. The molecule has 0 spiro atoms. The van der Waals surface area contributed by atoms with Crippen molar-refractivity contribution in [3.63, 3.8) is 0 Å². The minimum absolute atomic E-state index is 0.00566. The lowest BCUT2D eigenvalue weighted by Gasteiger charge is -2.05. The van der Waals surface area contributed by atoms with Gasteiger partial charge < -0.3 is 15.5 Å². The van der Waals surface area contributed by atoms with Gasteiger partial charge in [-0.1, -0.05) is 11.2 Å². The van der Waals surface area contributed by atoms with Crippen molar-refractivity contribution in [3.05, 3.63) is 48.3 Å². The maximum absolute atomic E-state index is 8.59. The Morgan fingerprint density at radius 2 is 2.38 bits per heavy atom. The van der Waals surface area contributed by atoms with Gasteiger partial charge in [0.1, 0.15) is 0 Å². The summed E-state index contributed by atoms with van der Waals surface area (Å²) in [6.45, 7) is 0.583. The average Bonchev–Trinajstić information content (AvgIpc) is 2.77. The third-order valence-corrected chi connectivity index (χ3v) is 2.13. The van der Waals surface area contributed by atoms with Gasteiger partial charge in [0.2, 0.25) is 5.84 Å². The molecule has 2 aromatic rings. The van der Waals surface area contributed by atoms with Gasteiger partial charge in [0.25, 0.3) is 0 Å². The number of oxime groups is 1. The molecule has 0 aromatic carbocycles. The van der Waals surface area contributed by atoms with E-state index < -0.39 is 0 Å². The highest BCUT2D eigenvalue weighted by Crippen LogP contribution is 2.03. The molecule has 0 amide bonds. The number of rotatable bonds is 3. The topological polar surface area (TPSA) is 89.3 Å². The Morgan fingerprint density at radius 3 is 3.06 bits per heavy atom. The van der Waals surface area contributed by atoms with E-state index in [9.17, 15) is 0 Å². The van der Waals surface area contributed by atoms with Crippen LogP contribution in [-0.2, 0) is 6.54 Å². The average molecular weight is 217 g/mol. The zero-order valence-electron chi connectivity index (χ0n) is 8.48. The van der Waals surface area contributed by atoms with E-state index in [1.807, 2.05) is 12.1 Å². The lowest BCUT2D eigenvalue weighted by atomic mass is 10.3. The number of hydrogen-bond acceptors (Lipinski definition) is 4. The Hall–Kier alpha value is -2.37. The van der Waals surface area contributed by atoms with Crippen LogP contribution in [0.2, 0.25) is 0 Å². The van der Waals surface area contributed by atoms with Gasteiger partial charge in [-0.05, 0) is 11.6 Å². The molecule has 2 rings (SSSR count). The third kappa shape index (κ3) is 2.00.